The summed E-state index contributed by atoms with van der Waals surface area (Å²) in [6.45, 7) is 1.22. The smallest absolute Gasteiger partial charge is 0.160 e. The third kappa shape index (κ3) is 5.53. The van der Waals surface area contributed by atoms with Crippen molar-refractivity contribution in [3.05, 3.63) is 107 Å². The monoisotopic (exact) mass is 504 g/mol. The highest BCUT2D eigenvalue weighted by Gasteiger charge is 2.19. The van der Waals surface area contributed by atoms with Gasteiger partial charge in [-0.25, -0.2) is 9.98 Å². The molecule has 6 nitrogen and oxygen atoms in total. The summed E-state index contributed by atoms with van der Waals surface area (Å²) >= 11 is 6.50. The fourth-order valence-electron chi connectivity index (χ4n) is 3.98. The van der Waals surface area contributed by atoms with E-state index in [0.29, 0.717) is 34.3 Å². The molecule has 2 aromatic heterocycles. The highest BCUT2D eigenvalue weighted by molar-refractivity contribution is 8.15. The van der Waals surface area contributed by atoms with Gasteiger partial charge in [0.1, 0.15) is 12.4 Å². The summed E-state index contributed by atoms with van der Waals surface area (Å²) < 4.78 is 8.02. The molecule has 1 atom stereocenters. The first-order valence-electron chi connectivity index (χ1n) is 11.3. The van der Waals surface area contributed by atoms with Crippen LogP contribution in [0.3, 0.4) is 0 Å². The summed E-state index contributed by atoms with van der Waals surface area (Å²) in [6, 6.07) is 21.5. The number of pyridine rings is 1. The van der Waals surface area contributed by atoms with Crippen LogP contribution in [0, 0.1) is 0 Å². The summed E-state index contributed by atoms with van der Waals surface area (Å²) in [7, 11) is -0.149. The SMILES string of the molecule is OCCS1=CCc2c1n(Cc1ccccc1)cnc2=Nc1ccc(OCc2ccccn2)c(Cl)c1. The maximum absolute atomic E-state index is 9.62. The summed E-state index contributed by atoms with van der Waals surface area (Å²) in [6.07, 6.45) is 4.37. The number of aliphatic hydroxyl groups is 1. The second-order valence-corrected chi connectivity index (χ2v) is 10.4. The number of aliphatic hydroxyl groups excluding tert-OH is 1. The number of rotatable bonds is 8. The van der Waals surface area contributed by atoms with Gasteiger partial charge in [-0.1, -0.05) is 53.4 Å². The van der Waals surface area contributed by atoms with Crippen molar-refractivity contribution < 1.29 is 9.84 Å². The van der Waals surface area contributed by atoms with Gasteiger partial charge in [-0.05, 0) is 35.9 Å². The normalized spacial score (nSPS) is 15.0. The van der Waals surface area contributed by atoms with Gasteiger partial charge < -0.3 is 14.4 Å². The number of nitrogens with zero attached hydrogens (tertiary/aromatic N) is 4. The number of hydrogen-bond donors (Lipinski definition) is 1. The molecule has 1 N–H and O–H groups in total. The van der Waals surface area contributed by atoms with E-state index in [1.807, 2.05) is 54.9 Å². The van der Waals surface area contributed by atoms with Gasteiger partial charge in [0, 0.05) is 30.5 Å². The first-order chi connectivity index (χ1) is 17.2. The molecule has 0 spiro atoms. The molecule has 0 saturated carbocycles. The van der Waals surface area contributed by atoms with Crippen molar-refractivity contribution in [2.75, 3.05) is 12.4 Å². The molecular weight excluding hydrogens is 480 g/mol. The standard InChI is InChI=1S/C27H25ClN4O2S/c28-24-16-21(9-10-25(24)34-18-22-8-4-5-12-29-22)31-26-23-11-14-35(15-13-33)27(23)32(19-30-26)17-20-6-2-1-3-7-20/h1-10,12,14,16,19,33H,11,13,15,17-18H2. The van der Waals surface area contributed by atoms with Crippen LogP contribution in [-0.2, 0) is 19.6 Å². The van der Waals surface area contributed by atoms with Gasteiger partial charge in [0.15, 0.2) is 5.49 Å². The molecule has 5 rings (SSSR count). The van der Waals surface area contributed by atoms with Gasteiger partial charge in [-0.15, -0.1) is 10.5 Å². The Bertz CT molecular complexity index is 1420. The van der Waals surface area contributed by atoms with Crippen molar-refractivity contribution >= 4 is 33.1 Å². The topological polar surface area (TPSA) is 72.5 Å². The quantitative estimate of drug-likeness (QED) is 0.277. The zero-order chi connectivity index (χ0) is 24.0. The zero-order valence-electron chi connectivity index (χ0n) is 19.0. The molecule has 0 radical (unpaired) electrons. The van der Waals surface area contributed by atoms with Gasteiger partial charge in [-0.2, -0.15) is 0 Å². The second-order valence-electron chi connectivity index (χ2n) is 8.03. The van der Waals surface area contributed by atoms with E-state index in [1.54, 1.807) is 12.3 Å². The minimum absolute atomic E-state index is 0.148. The summed E-state index contributed by atoms with van der Waals surface area (Å²) in [4.78, 5) is 13.8. The molecule has 0 aliphatic carbocycles. The fourth-order valence-corrected chi connectivity index (χ4v) is 6.19. The van der Waals surface area contributed by atoms with Crippen LogP contribution in [0.1, 0.15) is 16.8 Å². The average molecular weight is 505 g/mol. The van der Waals surface area contributed by atoms with Gasteiger partial charge in [0.2, 0.25) is 0 Å². The molecule has 1 unspecified atom stereocenters. The lowest BCUT2D eigenvalue weighted by atomic mass is 10.2. The number of hydrogen-bond acceptors (Lipinski definition) is 5. The van der Waals surface area contributed by atoms with Crippen molar-refractivity contribution in [1.29, 1.82) is 0 Å². The van der Waals surface area contributed by atoms with Crippen LogP contribution in [-0.4, -0.2) is 37.4 Å². The average Bonchev–Trinajstić information content (AvgIpc) is 3.31. The largest absolute Gasteiger partial charge is 0.486 e. The molecule has 2 aromatic carbocycles. The molecule has 0 amide bonds. The van der Waals surface area contributed by atoms with E-state index in [0.717, 1.165) is 24.2 Å². The third-order valence-electron chi connectivity index (χ3n) is 5.60. The Morgan fingerprint density at radius 2 is 1.91 bits per heavy atom. The van der Waals surface area contributed by atoms with E-state index in [9.17, 15) is 5.11 Å². The fraction of sp³-hybridized carbons (Fsp3) is 0.185. The van der Waals surface area contributed by atoms with Crippen LogP contribution in [0.25, 0.3) is 0 Å². The lowest BCUT2D eigenvalue weighted by Gasteiger charge is -2.16. The van der Waals surface area contributed by atoms with Crippen molar-refractivity contribution in [2.24, 2.45) is 4.99 Å². The molecule has 0 fully saturated rings. The summed E-state index contributed by atoms with van der Waals surface area (Å²) in [5.74, 6) is 1.29. The first-order valence-corrected chi connectivity index (χ1v) is 13.2. The molecular formula is C27H25ClN4O2S. The predicted octanol–water partition coefficient (Wildman–Crippen LogP) is 4.77. The molecule has 0 bridgehead atoms. The van der Waals surface area contributed by atoms with E-state index in [2.05, 4.69) is 27.1 Å². The lowest BCUT2D eigenvalue weighted by molar-refractivity contribution is 0.301. The van der Waals surface area contributed by atoms with E-state index < -0.39 is 0 Å². The molecule has 1 aliphatic heterocycles. The van der Waals surface area contributed by atoms with Crippen LogP contribution in [0.15, 0.2) is 89.3 Å². The Hall–Kier alpha value is -3.26. The minimum Gasteiger partial charge on any atom is -0.486 e. The van der Waals surface area contributed by atoms with Crippen molar-refractivity contribution in [3.63, 3.8) is 0 Å². The first kappa shape index (κ1) is 23.5. The van der Waals surface area contributed by atoms with Crippen LogP contribution < -0.4 is 10.2 Å². The maximum atomic E-state index is 9.62. The van der Waals surface area contributed by atoms with Gasteiger partial charge in [0.25, 0.3) is 0 Å². The van der Waals surface area contributed by atoms with Crippen LogP contribution >= 0.6 is 22.1 Å². The van der Waals surface area contributed by atoms with Crippen molar-refractivity contribution in [1.82, 2.24) is 14.5 Å². The Labute approximate surface area is 211 Å². The molecule has 3 heterocycles. The zero-order valence-corrected chi connectivity index (χ0v) is 20.6. The molecule has 35 heavy (non-hydrogen) atoms. The summed E-state index contributed by atoms with van der Waals surface area (Å²) in [5, 5.41) is 13.6. The van der Waals surface area contributed by atoms with Crippen LogP contribution in [0.2, 0.25) is 5.02 Å². The van der Waals surface area contributed by atoms with Crippen molar-refractivity contribution in [3.8, 4) is 5.75 Å². The number of benzene rings is 2. The molecule has 1 aliphatic rings. The number of fused-ring (bicyclic) bond motifs is 1. The van der Waals surface area contributed by atoms with E-state index in [1.165, 1.54) is 10.6 Å². The summed E-state index contributed by atoms with van der Waals surface area (Å²) in [5.41, 5.74) is 4.54. The van der Waals surface area contributed by atoms with Crippen LogP contribution in [0.5, 0.6) is 5.75 Å². The Kier molecular flexibility index (Phi) is 7.37. The molecule has 8 heteroatoms. The van der Waals surface area contributed by atoms with Gasteiger partial charge in [-0.3, -0.25) is 4.98 Å². The van der Waals surface area contributed by atoms with Gasteiger partial charge in [0.05, 0.1) is 34.4 Å². The Balaban J connectivity index is 1.44. The molecule has 0 saturated heterocycles. The lowest BCUT2D eigenvalue weighted by Crippen LogP contribution is -2.20. The minimum atomic E-state index is -0.149. The second kappa shape index (κ2) is 11.0. The molecule has 178 valence electrons. The van der Waals surface area contributed by atoms with Gasteiger partial charge >= 0.3 is 0 Å². The third-order valence-corrected chi connectivity index (χ3v) is 8.07. The highest BCUT2D eigenvalue weighted by Crippen LogP contribution is 2.34. The number of halogens is 1. The number of aromatic nitrogens is 3. The maximum Gasteiger partial charge on any atom is 0.160 e. The van der Waals surface area contributed by atoms with Crippen LogP contribution in [0.4, 0.5) is 5.69 Å². The van der Waals surface area contributed by atoms with Crippen molar-refractivity contribution in [2.45, 2.75) is 24.6 Å². The molecule has 4 aromatic rings. The Morgan fingerprint density at radius 3 is 2.69 bits per heavy atom. The number of ether oxygens (including phenoxy) is 1. The van der Waals surface area contributed by atoms with E-state index in [-0.39, 0.29) is 17.1 Å². The highest BCUT2D eigenvalue weighted by atomic mass is 35.5. The Morgan fingerprint density at radius 1 is 1.06 bits per heavy atom. The van der Waals surface area contributed by atoms with E-state index in [4.69, 9.17) is 26.3 Å². The predicted molar refractivity (Wildman–Crippen MR) is 141 cm³/mol. The van der Waals surface area contributed by atoms with E-state index >= 15 is 0 Å².